The van der Waals surface area contributed by atoms with E-state index in [1.807, 2.05) is 54.6 Å². The van der Waals surface area contributed by atoms with Crippen LogP contribution in [-0.4, -0.2) is 27.1 Å². The third-order valence-corrected chi connectivity index (χ3v) is 5.31. The Morgan fingerprint density at radius 3 is 2.52 bits per heavy atom. The van der Waals surface area contributed by atoms with E-state index in [9.17, 15) is 14.7 Å². The minimum atomic E-state index is -1.34. The molecule has 0 aromatic heterocycles. The van der Waals surface area contributed by atoms with E-state index >= 15 is 0 Å². The monoisotopic (exact) mass is 398 g/mol. The van der Waals surface area contributed by atoms with Crippen molar-refractivity contribution in [1.29, 1.82) is 0 Å². The molecule has 138 valence electrons. The average Bonchev–Trinajstić information content (AvgIpc) is 2.94. The zero-order chi connectivity index (χ0) is 19.4. The SMILES string of the molecule is C[C@H](C(=O)[O-])N1C(=O)/C(=C/c2ccc(OCc3ccccc3)cc2)SC1=S. The number of carboxylic acids is 1. The van der Waals surface area contributed by atoms with Crippen LogP contribution in [0.25, 0.3) is 6.08 Å². The number of amides is 1. The molecule has 2 aromatic rings. The summed E-state index contributed by atoms with van der Waals surface area (Å²) in [6.45, 7) is 1.85. The van der Waals surface area contributed by atoms with Crippen molar-refractivity contribution in [3.8, 4) is 5.75 Å². The van der Waals surface area contributed by atoms with Crippen molar-refractivity contribution in [1.82, 2.24) is 4.90 Å². The summed E-state index contributed by atoms with van der Waals surface area (Å²) in [6.07, 6.45) is 1.68. The summed E-state index contributed by atoms with van der Waals surface area (Å²) in [5.74, 6) is -1.05. The molecule has 1 aliphatic rings. The van der Waals surface area contributed by atoms with Crippen molar-refractivity contribution in [2.75, 3.05) is 0 Å². The fourth-order valence-electron chi connectivity index (χ4n) is 2.47. The molecule has 0 spiro atoms. The molecule has 0 N–H and O–H groups in total. The maximum atomic E-state index is 12.4. The molecule has 1 saturated heterocycles. The number of rotatable bonds is 6. The van der Waals surface area contributed by atoms with Crippen LogP contribution in [0.5, 0.6) is 5.75 Å². The zero-order valence-electron chi connectivity index (χ0n) is 14.5. The van der Waals surface area contributed by atoms with E-state index in [2.05, 4.69) is 0 Å². The summed E-state index contributed by atoms with van der Waals surface area (Å²) >= 11 is 6.20. The fraction of sp³-hybridized carbons (Fsp3) is 0.150. The van der Waals surface area contributed by atoms with Crippen LogP contribution in [0, 0.1) is 0 Å². The van der Waals surface area contributed by atoms with E-state index in [0.29, 0.717) is 17.3 Å². The van der Waals surface area contributed by atoms with Crippen molar-refractivity contribution in [2.45, 2.75) is 19.6 Å². The number of carbonyl (C=O) groups is 2. The number of benzene rings is 2. The Morgan fingerprint density at radius 1 is 1.22 bits per heavy atom. The fourth-order valence-corrected chi connectivity index (χ4v) is 3.89. The molecular weight excluding hydrogens is 382 g/mol. The van der Waals surface area contributed by atoms with E-state index in [-0.39, 0.29) is 4.32 Å². The number of nitrogens with zero attached hydrogens (tertiary/aromatic N) is 1. The van der Waals surface area contributed by atoms with Crippen LogP contribution < -0.4 is 9.84 Å². The Kier molecular flexibility index (Phi) is 5.93. The van der Waals surface area contributed by atoms with Crippen LogP contribution in [0.15, 0.2) is 59.5 Å². The molecule has 0 unspecified atom stereocenters. The second-order valence-electron chi connectivity index (χ2n) is 5.89. The molecule has 0 bridgehead atoms. The van der Waals surface area contributed by atoms with Gasteiger partial charge in [0.05, 0.1) is 16.9 Å². The number of hydrogen-bond donors (Lipinski definition) is 0. The molecule has 27 heavy (non-hydrogen) atoms. The minimum Gasteiger partial charge on any atom is -0.548 e. The Balaban J connectivity index is 1.68. The van der Waals surface area contributed by atoms with Gasteiger partial charge >= 0.3 is 0 Å². The van der Waals surface area contributed by atoms with Crippen LogP contribution in [0.1, 0.15) is 18.1 Å². The number of aliphatic carboxylic acids is 1. The van der Waals surface area contributed by atoms with Crippen molar-refractivity contribution >= 4 is 46.3 Å². The number of carbonyl (C=O) groups excluding carboxylic acids is 2. The van der Waals surface area contributed by atoms with Gasteiger partial charge in [0.1, 0.15) is 16.7 Å². The normalized spacial score (nSPS) is 16.6. The summed E-state index contributed by atoms with van der Waals surface area (Å²) in [5.41, 5.74) is 1.87. The summed E-state index contributed by atoms with van der Waals surface area (Å²) < 4.78 is 5.95. The third kappa shape index (κ3) is 4.56. The first kappa shape index (κ1) is 19.1. The molecule has 0 aliphatic carbocycles. The van der Waals surface area contributed by atoms with Gasteiger partial charge in [-0.25, -0.2) is 0 Å². The quantitative estimate of drug-likeness (QED) is 0.550. The average molecular weight is 398 g/mol. The van der Waals surface area contributed by atoms with Crippen molar-refractivity contribution in [2.24, 2.45) is 0 Å². The predicted octanol–water partition coefficient (Wildman–Crippen LogP) is 2.61. The summed E-state index contributed by atoms with van der Waals surface area (Å²) in [4.78, 5) is 24.9. The van der Waals surface area contributed by atoms with Gasteiger partial charge in [0.25, 0.3) is 5.91 Å². The topological polar surface area (TPSA) is 69.7 Å². The van der Waals surface area contributed by atoms with Crippen LogP contribution in [0.2, 0.25) is 0 Å². The van der Waals surface area contributed by atoms with Gasteiger partial charge in [0.15, 0.2) is 0 Å². The zero-order valence-corrected chi connectivity index (χ0v) is 16.1. The molecule has 1 heterocycles. The molecule has 3 rings (SSSR count). The number of carboxylic acid groups (broad SMARTS) is 1. The van der Waals surface area contributed by atoms with E-state index < -0.39 is 17.9 Å². The van der Waals surface area contributed by atoms with Crippen molar-refractivity contribution in [3.63, 3.8) is 0 Å². The molecule has 7 heteroatoms. The molecule has 1 atom stereocenters. The Bertz CT molecular complexity index is 894. The molecule has 1 aliphatic heterocycles. The smallest absolute Gasteiger partial charge is 0.266 e. The van der Waals surface area contributed by atoms with Gasteiger partial charge in [0, 0.05) is 0 Å². The maximum absolute atomic E-state index is 12.4. The second-order valence-corrected chi connectivity index (χ2v) is 7.57. The highest BCUT2D eigenvalue weighted by Gasteiger charge is 2.35. The van der Waals surface area contributed by atoms with E-state index in [1.165, 1.54) is 6.92 Å². The number of thiocarbonyl (C=S) groups is 1. The van der Waals surface area contributed by atoms with Crippen LogP contribution >= 0.6 is 24.0 Å². The lowest BCUT2D eigenvalue weighted by Gasteiger charge is -2.23. The van der Waals surface area contributed by atoms with E-state index in [1.54, 1.807) is 6.08 Å². The van der Waals surface area contributed by atoms with Gasteiger partial charge in [0.2, 0.25) is 0 Å². The number of ether oxygens (including phenoxy) is 1. The van der Waals surface area contributed by atoms with Gasteiger partial charge in [-0.1, -0.05) is 66.4 Å². The van der Waals surface area contributed by atoms with Crippen molar-refractivity contribution < 1.29 is 19.4 Å². The lowest BCUT2D eigenvalue weighted by Crippen LogP contribution is -2.48. The van der Waals surface area contributed by atoms with Gasteiger partial charge in [-0.05, 0) is 36.3 Å². The maximum Gasteiger partial charge on any atom is 0.266 e. The number of hydrogen-bond acceptors (Lipinski definition) is 6. The molecule has 0 saturated carbocycles. The Hall–Kier alpha value is -2.64. The highest BCUT2D eigenvalue weighted by atomic mass is 32.2. The van der Waals surface area contributed by atoms with Gasteiger partial charge in [-0.2, -0.15) is 0 Å². The van der Waals surface area contributed by atoms with Gasteiger partial charge < -0.3 is 14.6 Å². The lowest BCUT2D eigenvalue weighted by atomic mass is 10.2. The van der Waals surface area contributed by atoms with Crippen LogP contribution in [0.4, 0.5) is 0 Å². The summed E-state index contributed by atoms with van der Waals surface area (Å²) in [6, 6.07) is 16.0. The number of thioether (sulfide) groups is 1. The van der Waals surface area contributed by atoms with Crippen molar-refractivity contribution in [3.05, 3.63) is 70.6 Å². The summed E-state index contributed by atoms with van der Waals surface area (Å²) in [5, 5.41) is 11.0. The molecule has 0 radical (unpaired) electrons. The Labute approximate surface area is 166 Å². The first-order valence-electron chi connectivity index (χ1n) is 8.20. The van der Waals surface area contributed by atoms with E-state index in [4.69, 9.17) is 17.0 Å². The van der Waals surface area contributed by atoms with E-state index in [0.717, 1.165) is 27.8 Å². The van der Waals surface area contributed by atoms with Gasteiger partial charge in [-0.3, -0.25) is 9.69 Å². The third-order valence-electron chi connectivity index (χ3n) is 3.98. The molecule has 1 amide bonds. The standard InChI is InChI=1S/C20H17NO4S2/c1-13(19(23)24)21-18(22)17(27-20(21)26)11-14-7-9-16(10-8-14)25-12-15-5-3-2-4-6-15/h2-11,13H,12H2,1H3,(H,23,24)/p-1/b17-11-/t13-/m1/s1. The largest absolute Gasteiger partial charge is 0.548 e. The predicted molar refractivity (Wildman–Crippen MR) is 107 cm³/mol. The molecule has 1 fully saturated rings. The van der Waals surface area contributed by atoms with Crippen LogP contribution in [0.3, 0.4) is 0 Å². The lowest BCUT2D eigenvalue weighted by molar-refractivity contribution is -0.309. The second kappa shape index (κ2) is 8.37. The molecule has 5 nitrogen and oxygen atoms in total. The minimum absolute atomic E-state index is 0.214. The first-order valence-corrected chi connectivity index (χ1v) is 9.43. The Morgan fingerprint density at radius 2 is 1.89 bits per heavy atom. The molecule has 2 aromatic carbocycles. The van der Waals surface area contributed by atoms with Gasteiger partial charge in [-0.15, -0.1) is 0 Å². The van der Waals surface area contributed by atoms with Crippen LogP contribution in [-0.2, 0) is 16.2 Å². The first-order chi connectivity index (χ1) is 13.0. The highest BCUT2D eigenvalue weighted by molar-refractivity contribution is 8.26. The molecular formula is C20H16NO4S2-. The highest BCUT2D eigenvalue weighted by Crippen LogP contribution is 2.34. The summed E-state index contributed by atoms with van der Waals surface area (Å²) in [7, 11) is 0.